The van der Waals surface area contributed by atoms with Crippen LogP contribution in [0.15, 0.2) is 36.5 Å². The summed E-state index contributed by atoms with van der Waals surface area (Å²) in [7, 11) is 0. The molecule has 0 N–H and O–H groups in total. The molecule has 0 saturated carbocycles. The number of nitrogens with zero attached hydrogens (tertiary/aromatic N) is 1. The third kappa shape index (κ3) is 1.99. The number of aromatic nitrogens is 1. The van der Waals surface area contributed by atoms with Crippen molar-refractivity contribution in [2.75, 3.05) is 0 Å². The van der Waals surface area contributed by atoms with Gasteiger partial charge in [-0.1, -0.05) is 29.8 Å². The largest absolute Gasteiger partial charge is 0.340 e. The van der Waals surface area contributed by atoms with E-state index in [2.05, 4.69) is 41.8 Å². The lowest BCUT2D eigenvalue weighted by Gasteiger charge is -2.14. The zero-order valence-electron chi connectivity index (χ0n) is 10.6. The van der Waals surface area contributed by atoms with E-state index in [1.165, 1.54) is 16.7 Å². The second-order valence-electron chi connectivity index (χ2n) is 5.08. The average Bonchev–Trinajstić information content (AvgIpc) is 2.77. The minimum atomic E-state index is 0.299. The molecule has 0 saturated heterocycles. The molecule has 18 heavy (non-hydrogen) atoms. The van der Waals surface area contributed by atoms with Crippen LogP contribution in [-0.4, -0.2) is 10.4 Å². The fraction of sp³-hybridized carbons (Fsp3) is 0.312. The predicted octanol–water partition coefficient (Wildman–Crippen LogP) is 3.36. The summed E-state index contributed by atoms with van der Waals surface area (Å²) >= 11 is 0. The number of carbonyl (C=O) groups excluding carboxylic acids is 1. The van der Waals surface area contributed by atoms with Gasteiger partial charge in [-0.05, 0) is 37.0 Å². The molecule has 1 aromatic carbocycles. The smallest absolute Gasteiger partial charge is 0.179 e. The molecule has 0 fully saturated rings. The molecule has 0 atom stereocenters. The Kier molecular flexibility index (Phi) is 2.78. The Morgan fingerprint density at radius 3 is 2.67 bits per heavy atom. The van der Waals surface area contributed by atoms with Crippen LogP contribution in [0.25, 0.3) is 0 Å². The van der Waals surface area contributed by atoms with Crippen LogP contribution in [0.5, 0.6) is 0 Å². The van der Waals surface area contributed by atoms with Crippen LogP contribution in [0, 0.1) is 6.92 Å². The van der Waals surface area contributed by atoms with E-state index >= 15 is 0 Å². The maximum Gasteiger partial charge on any atom is 0.179 e. The minimum Gasteiger partial charge on any atom is -0.340 e. The summed E-state index contributed by atoms with van der Waals surface area (Å²) in [6.07, 6.45) is 4.79. The molecule has 2 heteroatoms. The van der Waals surface area contributed by atoms with E-state index in [0.29, 0.717) is 12.2 Å². The first-order chi connectivity index (χ1) is 8.74. The van der Waals surface area contributed by atoms with Crippen molar-refractivity contribution in [2.24, 2.45) is 0 Å². The lowest BCUT2D eigenvalue weighted by Crippen LogP contribution is -2.15. The number of carbonyl (C=O) groups is 1. The van der Waals surface area contributed by atoms with E-state index in [-0.39, 0.29) is 0 Å². The van der Waals surface area contributed by atoms with Gasteiger partial charge in [0, 0.05) is 19.2 Å². The molecule has 1 aliphatic carbocycles. The van der Waals surface area contributed by atoms with E-state index in [1.807, 2.05) is 6.20 Å². The first-order valence-electron chi connectivity index (χ1n) is 6.51. The van der Waals surface area contributed by atoms with Crippen molar-refractivity contribution in [3.05, 3.63) is 58.9 Å². The zero-order chi connectivity index (χ0) is 12.5. The average molecular weight is 239 g/mol. The highest BCUT2D eigenvalue weighted by Crippen LogP contribution is 2.23. The summed E-state index contributed by atoms with van der Waals surface area (Å²) in [5, 5.41) is 0. The van der Waals surface area contributed by atoms with E-state index in [0.717, 1.165) is 25.1 Å². The van der Waals surface area contributed by atoms with Gasteiger partial charge in [-0.15, -0.1) is 0 Å². The van der Waals surface area contributed by atoms with Gasteiger partial charge < -0.3 is 4.57 Å². The molecule has 0 aliphatic heterocycles. The van der Waals surface area contributed by atoms with Gasteiger partial charge in [0.25, 0.3) is 0 Å². The van der Waals surface area contributed by atoms with Crippen molar-refractivity contribution in [2.45, 2.75) is 32.7 Å². The summed E-state index contributed by atoms with van der Waals surface area (Å²) < 4.78 is 2.10. The van der Waals surface area contributed by atoms with Crippen molar-refractivity contribution in [1.29, 1.82) is 0 Å². The predicted molar refractivity (Wildman–Crippen MR) is 72.0 cm³/mol. The molecule has 0 amide bonds. The second-order valence-corrected chi connectivity index (χ2v) is 5.08. The maximum atomic E-state index is 12.0. The number of hydrogen-bond acceptors (Lipinski definition) is 1. The summed E-state index contributed by atoms with van der Waals surface area (Å²) in [6, 6.07) is 10.6. The first-order valence-corrected chi connectivity index (χ1v) is 6.51. The Hall–Kier alpha value is -1.83. The van der Waals surface area contributed by atoms with Crippen molar-refractivity contribution in [3.8, 4) is 0 Å². The Morgan fingerprint density at radius 1 is 1.11 bits per heavy atom. The molecular formula is C16H17NO. The number of aryl methyl sites for hydroxylation is 2. The number of Topliss-reactive ketones (excluding diaryl/α,β-unsaturated/α-hetero) is 1. The van der Waals surface area contributed by atoms with Crippen LogP contribution >= 0.6 is 0 Å². The lowest BCUT2D eigenvalue weighted by atomic mass is 9.97. The highest BCUT2D eigenvalue weighted by molar-refractivity contribution is 5.97. The first kappa shape index (κ1) is 11.3. The molecule has 2 nitrogen and oxygen atoms in total. The molecule has 0 unspecified atom stereocenters. The second kappa shape index (κ2) is 4.45. The normalized spacial score (nSPS) is 14.6. The molecule has 1 heterocycles. The number of benzene rings is 1. The standard InChI is InChI=1S/C16H17NO/c1-12-5-7-13(8-6-12)11-17-10-9-14-3-2-4-15(18)16(14)17/h5-10H,2-4,11H2,1H3. The highest BCUT2D eigenvalue weighted by Gasteiger charge is 2.20. The molecule has 0 radical (unpaired) electrons. The Labute approximate surface area is 107 Å². The van der Waals surface area contributed by atoms with Crippen molar-refractivity contribution >= 4 is 5.78 Å². The quantitative estimate of drug-likeness (QED) is 0.787. The number of fused-ring (bicyclic) bond motifs is 1. The zero-order valence-corrected chi connectivity index (χ0v) is 10.6. The monoisotopic (exact) mass is 239 g/mol. The van der Waals surface area contributed by atoms with Gasteiger partial charge in [-0.2, -0.15) is 0 Å². The summed E-state index contributed by atoms with van der Waals surface area (Å²) in [5.74, 6) is 0.299. The van der Waals surface area contributed by atoms with E-state index < -0.39 is 0 Å². The van der Waals surface area contributed by atoms with Crippen LogP contribution in [0.3, 0.4) is 0 Å². The van der Waals surface area contributed by atoms with Gasteiger partial charge in [0.05, 0.1) is 5.69 Å². The fourth-order valence-electron chi connectivity index (χ4n) is 2.64. The van der Waals surface area contributed by atoms with Crippen molar-refractivity contribution < 1.29 is 4.79 Å². The third-order valence-electron chi connectivity index (χ3n) is 3.63. The van der Waals surface area contributed by atoms with Crippen LogP contribution in [0.2, 0.25) is 0 Å². The highest BCUT2D eigenvalue weighted by atomic mass is 16.1. The molecule has 92 valence electrons. The van der Waals surface area contributed by atoms with Gasteiger partial charge in [0.2, 0.25) is 0 Å². The fourth-order valence-corrected chi connectivity index (χ4v) is 2.64. The minimum absolute atomic E-state index is 0.299. The molecule has 3 rings (SSSR count). The van der Waals surface area contributed by atoms with Gasteiger partial charge >= 0.3 is 0 Å². The Morgan fingerprint density at radius 2 is 1.89 bits per heavy atom. The summed E-state index contributed by atoms with van der Waals surface area (Å²) in [5.41, 5.74) is 4.67. The molecular weight excluding hydrogens is 222 g/mol. The number of ketones is 1. The van der Waals surface area contributed by atoms with Gasteiger partial charge in [-0.25, -0.2) is 0 Å². The summed E-state index contributed by atoms with van der Waals surface area (Å²) in [6.45, 7) is 2.88. The topological polar surface area (TPSA) is 22.0 Å². The SMILES string of the molecule is Cc1ccc(Cn2ccc3c2C(=O)CCC3)cc1. The molecule has 0 bridgehead atoms. The Balaban J connectivity index is 1.91. The maximum absolute atomic E-state index is 12.0. The van der Waals surface area contributed by atoms with E-state index in [1.54, 1.807) is 0 Å². The van der Waals surface area contributed by atoms with Crippen LogP contribution in [0.1, 0.15) is 40.0 Å². The van der Waals surface area contributed by atoms with Crippen LogP contribution in [-0.2, 0) is 13.0 Å². The molecule has 0 spiro atoms. The van der Waals surface area contributed by atoms with Crippen molar-refractivity contribution in [1.82, 2.24) is 4.57 Å². The van der Waals surface area contributed by atoms with Crippen LogP contribution < -0.4 is 0 Å². The van der Waals surface area contributed by atoms with Crippen LogP contribution in [0.4, 0.5) is 0 Å². The number of hydrogen-bond donors (Lipinski definition) is 0. The van der Waals surface area contributed by atoms with Gasteiger partial charge in [0.15, 0.2) is 5.78 Å². The lowest BCUT2D eigenvalue weighted by molar-refractivity contribution is 0.0963. The molecule has 2 aromatic rings. The summed E-state index contributed by atoms with van der Waals surface area (Å²) in [4.78, 5) is 12.0. The van der Waals surface area contributed by atoms with E-state index in [9.17, 15) is 4.79 Å². The van der Waals surface area contributed by atoms with Gasteiger partial charge in [0.1, 0.15) is 0 Å². The van der Waals surface area contributed by atoms with Crippen molar-refractivity contribution in [3.63, 3.8) is 0 Å². The molecule has 1 aliphatic rings. The third-order valence-corrected chi connectivity index (χ3v) is 3.63. The molecule has 1 aromatic heterocycles. The number of rotatable bonds is 2. The van der Waals surface area contributed by atoms with Gasteiger partial charge in [-0.3, -0.25) is 4.79 Å². The van der Waals surface area contributed by atoms with E-state index in [4.69, 9.17) is 0 Å². The Bertz CT molecular complexity index is 578.